The number of ether oxygens (including phenoxy) is 3. The number of likely N-dealkylation sites (tertiary alicyclic amines) is 1. The third kappa shape index (κ3) is 7.49. The molecule has 2 atom stereocenters. The number of halogens is 2. The molecule has 1 aliphatic carbocycles. The summed E-state index contributed by atoms with van der Waals surface area (Å²) in [5, 5.41) is 5.97. The lowest BCUT2D eigenvalue weighted by molar-refractivity contribution is -0.124. The molecule has 3 amide bonds. The van der Waals surface area contributed by atoms with Crippen molar-refractivity contribution >= 4 is 29.3 Å². The minimum Gasteiger partial charge on any atom is -0.493 e. The second-order valence-electron chi connectivity index (χ2n) is 11.4. The molecule has 2 fully saturated rings. The lowest BCUT2D eigenvalue weighted by Crippen LogP contribution is -2.57. The average Bonchev–Trinajstić information content (AvgIpc) is 3.83. The van der Waals surface area contributed by atoms with E-state index in [1.807, 2.05) is 24.3 Å². The number of nitrogens with one attached hydrogen (secondary N) is 2. The van der Waals surface area contributed by atoms with Crippen molar-refractivity contribution in [2.24, 2.45) is 5.92 Å². The summed E-state index contributed by atoms with van der Waals surface area (Å²) in [5.41, 5.74) is 1.11. The summed E-state index contributed by atoms with van der Waals surface area (Å²) in [6, 6.07) is 15.9. The van der Waals surface area contributed by atoms with Gasteiger partial charge in [0.25, 0.3) is 11.8 Å². The van der Waals surface area contributed by atoms with Gasteiger partial charge < -0.3 is 29.7 Å². The number of benzene rings is 3. The van der Waals surface area contributed by atoms with Crippen molar-refractivity contribution in [1.29, 1.82) is 0 Å². The van der Waals surface area contributed by atoms with Gasteiger partial charge in [0, 0.05) is 42.7 Å². The first-order valence-electron chi connectivity index (χ1n) is 14.8. The molecule has 1 saturated carbocycles. The summed E-state index contributed by atoms with van der Waals surface area (Å²) in [4.78, 5) is 40.8. The number of hydrogen-bond acceptors (Lipinski definition) is 6. The van der Waals surface area contributed by atoms with Crippen molar-refractivity contribution in [2.45, 2.75) is 44.4 Å². The van der Waals surface area contributed by atoms with Crippen molar-refractivity contribution in [2.75, 3.05) is 26.2 Å². The zero-order valence-corrected chi connectivity index (χ0v) is 24.8. The number of amides is 3. The zero-order valence-electron chi connectivity index (χ0n) is 24.0. The minimum absolute atomic E-state index is 0.0106. The molecule has 11 heteroatoms. The maximum atomic E-state index is 14.5. The summed E-state index contributed by atoms with van der Waals surface area (Å²) in [6.45, 7) is 1.35. The average molecular weight is 622 g/mol. The Morgan fingerprint density at radius 3 is 2.73 bits per heavy atom. The van der Waals surface area contributed by atoms with Gasteiger partial charge in [-0.25, -0.2) is 4.39 Å². The molecule has 0 aromatic heterocycles. The van der Waals surface area contributed by atoms with Gasteiger partial charge in [-0.1, -0.05) is 23.7 Å². The molecule has 1 saturated heterocycles. The Balaban J connectivity index is 1.21. The first kappa shape index (κ1) is 29.9. The number of carbonyl (C=O) groups is 3. The fourth-order valence-electron chi connectivity index (χ4n) is 5.34. The zero-order chi connectivity index (χ0) is 30.6. The Kier molecular flexibility index (Phi) is 8.99. The Morgan fingerprint density at radius 2 is 1.91 bits per heavy atom. The Hall–Kier alpha value is -4.15. The Labute approximate surface area is 259 Å². The number of hydrogen-bond donors (Lipinski definition) is 2. The van der Waals surface area contributed by atoms with Crippen LogP contribution >= 0.6 is 11.6 Å². The molecule has 3 aromatic carbocycles. The smallest absolute Gasteiger partial charge is 0.256 e. The topological polar surface area (TPSA) is 106 Å². The van der Waals surface area contributed by atoms with Crippen LogP contribution < -0.4 is 20.1 Å². The summed E-state index contributed by atoms with van der Waals surface area (Å²) in [6.07, 6.45) is 2.30. The lowest BCUT2D eigenvalue weighted by atomic mass is 10.00. The molecule has 3 aromatic rings. The molecule has 0 unspecified atom stereocenters. The van der Waals surface area contributed by atoms with Crippen molar-refractivity contribution in [3.8, 4) is 17.2 Å². The van der Waals surface area contributed by atoms with Crippen molar-refractivity contribution in [1.82, 2.24) is 15.5 Å². The molecular formula is C33H33ClFN3O6. The number of fused-ring (bicyclic) bond motifs is 5. The van der Waals surface area contributed by atoms with Crippen LogP contribution in [0.15, 0.2) is 60.7 Å². The molecule has 9 nitrogen and oxygen atoms in total. The Bertz CT molecular complexity index is 1560. The molecule has 6 rings (SSSR count). The first-order valence-corrected chi connectivity index (χ1v) is 15.2. The van der Waals surface area contributed by atoms with Gasteiger partial charge in [0.15, 0.2) is 0 Å². The van der Waals surface area contributed by atoms with E-state index >= 15 is 0 Å². The second-order valence-corrected chi connectivity index (χ2v) is 11.8. The number of rotatable bonds is 4. The van der Waals surface area contributed by atoms with E-state index in [0.717, 1.165) is 24.5 Å². The van der Waals surface area contributed by atoms with Crippen LogP contribution in [-0.2, 0) is 16.1 Å². The van der Waals surface area contributed by atoms with Gasteiger partial charge in [0.1, 0.15) is 23.1 Å². The van der Waals surface area contributed by atoms with Crippen LogP contribution in [0.3, 0.4) is 0 Å². The predicted molar refractivity (Wildman–Crippen MR) is 161 cm³/mol. The van der Waals surface area contributed by atoms with Crippen molar-refractivity contribution in [3.05, 3.63) is 88.2 Å². The number of nitrogens with zero attached hydrogens (tertiary/aromatic N) is 1. The third-order valence-corrected chi connectivity index (χ3v) is 8.14. The van der Waals surface area contributed by atoms with Crippen LogP contribution in [0.4, 0.5) is 4.39 Å². The molecule has 2 aliphatic heterocycles. The van der Waals surface area contributed by atoms with Gasteiger partial charge in [-0.3, -0.25) is 14.4 Å². The summed E-state index contributed by atoms with van der Waals surface area (Å²) >= 11 is 5.87. The molecular weight excluding hydrogens is 589 g/mol. The highest BCUT2D eigenvalue weighted by atomic mass is 35.5. The van der Waals surface area contributed by atoms with Gasteiger partial charge in [-0.05, 0) is 73.2 Å². The highest BCUT2D eigenvalue weighted by Gasteiger charge is 2.34. The summed E-state index contributed by atoms with van der Waals surface area (Å²) in [5.74, 6) is 0.226. The van der Waals surface area contributed by atoms with E-state index in [0.29, 0.717) is 48.3 Å². The van der Waals surface area contributed by atoms with Crippen molar-refractivity contribution < 1.29 is 33.0 Å². The summed E-state index contributed by atoms with van der Waals surface area (Å²) in [7, 11) is 0. The molecule has 230 valence electrons. The highest BCUT2D eigenvalue weighted by molar-refractivity contribution is 6.30. The van der Waals surface area contributed by atoms with Crippen LogP contribution in [0.2, 0.25) is 5.02 Å². The predicted octanol–water partition coefficient (Wildman–Crippen LogP) is 5.11. The van der Waals surface area contributed by atoms with E-state index in [2.05, 4.69) is 10.6 Å². The van der Waals surface area contributed by atoms with Crippen LogP contribution in [0, 0.1) is 11.7 Å². The minimum atomic E-state index is -0.705. The van der Waals surface area contributed by atoms with E-state index in [1.165, 1.54) is 17.0 Å². The van der Waals surface area contributed by atoms with Crippen LogP contribution in [-0.4, -0.2) is 61.0 Å². The van der Waals surface area contributed by atoms with E-state index in [1.54, 1.807) is 18.2 Å². The second kappa shape index (κ2) is 13.2. The lowest BCUT2D eigenvalue weighted by Gasteiger charge is -2.39. The van der Waals surface area contributed by atoms with Gasteiger partial charge in [-0.15, -0.1) is 0 Å². The first-order chi connectivity index (χ1) is 21.3. The highest BCUT2D eigenvalue weighted by Crippen LogP contribution is 2.32. The van der Waals surface area contributed by atoms with Crippen LogP contribution in [0.1, 0.15) is 52.0 Å². The maximum absolute atomic E-state index is 14.5. The largest absolute Gasteiger partial charge is 0.493 e. The van der Waals surface area contributed by atoms with Gasteiger partial charge in [0.2, 0.25) is 5.91 Å². The van der Waals surface area contributed by atoms with E-state index in [4.69, 9.17) is 25.8 Å². The molecule has 2 N–H and O–H groups in total. The van der Waals surface area contributed by atoms with E-state index in [-0.39, 0.29) is 48.5 Å². The fourth-order valence-corrected chi connectivity index (χ4v) is 5.50. The van der Waals surface area contributed by atoms with E-state index < -0.39 is 23.9 Å². The molecule has 0 spiro atoms. The number of piperidine rings is 1. The monoisotopic (exact) mass is 621 g/mol. The quantitative estimate of drug-likeness (QED) is 0.420. The molecule has 3 aliphatic rings. The third-order valence-electron chi connectivity index (χ3n) is 7.91. The normalized spacial score (nSPS) is 20.8. The molecule has 2 heterocycles. The summed E-state index contributed by atoms with van der Waals surface area (Å²) < 4.78 is 32.9. The fraction of sp³-hybridized carbons (Fsp3) is 0.364. The van der Waals surface area contributed by atoms with E-state index in [9.17, 15) is 18.8 Å². The van der Waals surface area contributed by atoms with Gasteiger partial charge in [-0.2, -0.15) is 0 Å². The molecule has 0 radical (unpaired) electrons. The Morgan fingerprint density at radius 1 is 1.05 bits per heavy atom. The number of carbonyl (C=O) groups excluding carboxylic acids is 3. The van der Waals surface area contributed by atoms with Crippen LogP contribution in [0.5, 0.6) is 17.2 Å². The molecule has 4 bridgehead atoms. The van der Waals surface area contributed by atoms with Crippen molar-refractivity contribution in [3.63, 3.8) is 0 Å². The SMILES string of the molecule is O=C1CCNC(=O)c2cc(OCC3CC3)cc(c2)Oc2cccc(c2)CO[C@@H]2CCN(C(=O)c3ccc(Cl)cc3F)C[C@@H]2N1. The molecule has 44 heavy (non-hydrogen) atoms. The maximum Gasteiger partial charge on any atom is 0.256 e. The van der Waals surface area contributed by atoms with Crippen LogP contribution in [0.25, 0.3) is 0 Å². The van der Waals surface area contributed by atoms with Gasteiger partial charge in [0.05, 0.1) is 30.9 Å². The van der Waals surface area contributed by atoms with Gasteiger partial charge >= 0.3 is 0 Å². The standard InChI is InChI=1S/C33H33ClFN3O6/c34-23-6-7-27(28(35)15-23)33(41)38-11-9-30-29(17-38)37-31(39)8-10-36-32(40)22-13-25(42-18-20-4-5-20)16-26(14-22)44-24-3-1-2-21(12-24)19-43-30/h1-3,6-7,12-16,20,29-30H,4-5,8-11,17-19H2,(H,36,40)(H,37,39)/t29-,30+/m0/s1.